The monoisotopic (exact) mass is 262 g/mol. The van der Waals surface area contributed by atoms with Gasteiger partial charge < -0.3 is 20.3 Å². The summed E-state index contributed by atoms with van der Waals surface area (Å²) >= 11 is 0. The molecule has 0 aliphatic carbocycles. The van der Waals surface area contributed by atoms with Gasteiger partial charge in [-0.15, -0.1) is 0 Å². The Kier molecular flexibility index (Phi) is 3.65. The third-order valence-corrected chi connectivity index (χ3v) is 2.47. The van der Waals surface area contributed by atoms with Gasteiger partial charge in [-0.3, -0.25) is 0 Å². The van der Waals surface area contributed by atoms with Crippen molar-refractivity contribution < 1.29 is 14.1 Å². The highest BCUT2D eigenvalue weighted by molar-refractivity contribution is 5.91. The number of anilines is 2. The zero-order chi connectivity index (χ0) is 13.8. The van der Waals surface area contributed by atoms with Crippen LogP contribution in [0.15, 0.2) is 22.7 Å². The van der Waals surface area contributed by atoms with E-state index in [1.807, 2.05) is 0 Å². The lowest BCUT2D eigenvalue weighted by molar-refractivity contribution is 0.0601. The zero-order valence-corrected chi connectivity index (χ0v) is 10.6. The maximum Gasteiger partial charge on any atom is 0.337 e. The van der Waals surface area contributed by atoms with Crippen LogP contribution in [0.4, 0.5) is 11.4 Å². The Hall–Kier alpha value is -2.57. The summed E-state index contributed by atoms with van der Waals surface area (Å²) < 4.78 is 9.58. The second kappa shape index (κ2) is 5.38. The second-order valence-corrected chi connectivity index (χ2v) is 3.88. The standard InChI is InChI=1S/C12H14N4O3/c1-7-15-11(19-16-7)6-14-10-4-3-8(5-9(10)13)12(17)18-2/h3-5,14H,6,13H2,1-2H3. The number of ether oxygens (including phenoxy) is 1. The largest absolute Gasteiger partial charge is 0.465 e. The Balaban J connectivity index is 2.07. The average Bonchev–Trinajstić information content (AvgIpc) is 2.82. The number of nitrogens with two attached hydrogens (primary N) is 1. The highest BCUT2D eigenvalue weighted by Gasteiger charge is 2.09. The number of nitrogen functional groups attached to an aromatic ring is 1. The van der Waals surface area contributed by atoms with E-state index in [0.29, 0.717) is 35.2 Å². The molecule has 0 aliphatic heterocycles. The summed E-state index contributed by atoms with van der Waals surface area (Å²) in [4.78, 5) is 15.4. The van der Waals surface area contributed by atoms with Crippen LogP contribution in [0, 0.1) is 6.92 Å². The predicted molar refractivity (Wildman–Crippen MR) is 68.6 cm³/mol. The molecule has 0 amide bonds. The fourth-order valence-electron chi connectivity index (χ4n) is 1.55. The third kappa shape index (κ3) is 3.01. The molecule has 0 fully saturated rings. The highest BCUT2D eigenvalue weighted by Crippen LogP contribution is 2.20. The van der Waals surface area contributed by atoms with E-state index in [1.54, 1.807) is 25.1 Å². The molecule has 0 spiro atoms. The number of benzene rings is 1. The Morgan fingerprint density at radius 3 is 2.89 bits per heavy atom. The summed E-state index contributed by atoms with van der Waals surface area (Å²) in [6.45, 7) is 2.11. The SMILES string of the molecule is COC(=O)c1ccc(NCc2nc(C)no2)c(N)c1. The first kappa shape index (κ1) is 12.9. The van der Waals surface area contributed by atoms with Crippen LogP contribution in [0.5, 0.6) is 0 Å². The van der Waals surface area contributed by atoms with Gasteiger partial charge in [0.05, 0.1) is 30.6 Å². The Labute approximate surface area is 109 Å². The van der Waals surface area contributed by atoms with Gasteiger partial charge in [0.15, 0.2) is 5.82 Å². The minimum absolute atomic E-state index is 0.364. The zero-order valence-electron chi connectivity index (χ0n) is 10.6. The number of nitrogens with one attached hydrogen (secondary N) is 1. The molecule has 0 radical (unpaired) electrons. The van der Waals surface area contributed by atoms with Crippen LogP contribution in [-0.4, -0.2) is 23.2 Å². The molecule has 0 bridgehead atoms. The van der Waals surface area contributed by atoms with Crippen molar-refractivity contribution in [1.29, 1.82) is 0 Å². The summed E-state index contributed by atoms with van der Waals surface area (Å²) in [7, 11) is 1.32. The van der Waals surface area contributed by atoms with Crippen molar-refractivity contribution in [1.82, 2.24) is 10.1 Å². The quantitative estimate of drug-likeness (QED) is 0.633. The Morgan fingerprint density at radius 1 is 1.53 bits per heavy atom. The number of rotatable bonds is 4. The maximum atomic E-state index is 11.3. The number of aryl methyl sites for hydroxylation is 1. The lowest BCUT2D eigenvalue weighted by Gasteiger charge is -2.08. The van der Waals surface area contributed by atoms with Crippen LogP contribution in [0.3, 0.4) is 0 Å². The Bertz CT molecular complexity index is 594. The minimum Gasteiger partial charge on any atom is -0.465 e. The molecule has 1 aromatic heterocycles. The molecule has 3 N–H and O–H groups in total. The fourth-order valence-corrected chi connectivity index (χ4v) is 1.55. The van der Waals surface area contributed by atoms with Crippen molar-refractivity contribution in [3.05, 3.63) is 35.5 Å². The number of aromatic nitrogens is 2. The smallest absolute Gasteiger partial charge is 0.337 e. The van der Waals surface area contributed by atoms with Gasteiger partial charge >= 0.3 is 5.97 Å². The van der Waals surface area contributed by atoms with Gasteiger partial charge in [0, 0.05) is 0 Å². The molecule has 19 heavy (non-hydrogen) atoms. The van der Waals surface area contributed by atoms with Crippen LogP contribution in [0.1, 0.15) is 22.1 Å². The van der Waals surface area contributed by atoms with Crippen LogP contribution >= 0.6 is 0 Å². The number of carbonyl (C=O) groups is 1. The van der Waals surface area contributed by atoms with E-state index >= 15 is 0 Å². The van der Waals surface area contributed by atoms with Crippen molar-refractivity contribution in [3.8, 4) is 0 Å². The predicted octanol–water partition coefficient (Wildman–Crippen LogP) is 1.36. The van der Waals surface area contributed by atoms with Gasteiger partial charge in [-0.1, -0.05) is 5.16 Å². The maximum absolute atomic E-state index is 11.3. The van der Waals surface area contributed by atoms with Crippen molar-refractivity contribution in [2.45, 2.75) is 13.5 Å². The summed E-state index contributed by atoms with van der Waals surface area (Å²) in [5, 5.41) is 6.73. The van der Waals surface area contributed by atoms with Crippen LogP contribution < -0.4 is 11.1 Å². The van der Waals surface area contributed by atoms with Gasteiger partial charge in [0.1, 0.15) is 0 Å². The molecule has 0 unspecified atom stereocenters. The summed E-state index contributed by atoms with van der Waals surface area (Å²) in [6, 6.07) is 4.88. The van der Waals surface area contributed by atoms with Gasteiger partial charge in [-0.25, -0.2) is 4.79 Å². The molecule has 0 saturated carbocycles. The van der Waals surface area contributed by atoms with Crippen molar-refractivity contribution in [3.63, 3.8) is 0 Å². The van der Waals surface area contributed by atoms with Gasteiger partial charge in [0.25, 0.3) is 0 Å². The summed E-state index contributed by atoms with van der Waals surface area (Å²) in [5.74, 6) is 0.616. The first-order chi connectivity index (χ1) is 9.10. The van der Waals surface area contributed by atoms with Crippen molar-refractivity contribution in [2.75, 3.05) is 18.2 Å². The molecule has 7 heteroatoms. The normalized spacial score (nSPS) is 10.2. The molecule has 2 aromatic rings. The van der Waals surface area contributed by atoms with E-state index in [0.717, 1.165) is 0 Å². The molecule has 100 valence electrons. The van der Waals surface area contributed by atoms with E-state index in [4.69, 9.17) is 10.3 Å². The minimum atomic E-state index is -0.425. The molecule has 1 aromatic carbocycles. The summed E-state index contributed by atoms with van der Waals surface area (Å²) in [6.07, 6.45) is 0. The first-order valence-electron chi connectivity index (χ1n) is 5.61. The van der Waals surface area contributed by atoms with E-state index in [9.17, 15) is 4.79 Å². The number of nitrogens with zero attached hydrogens (tertiary/aromatic N) is 2. The molecule has 0 saturated heterocycles. The molecule has 7 nitrogen and oxygen atoms in total. The fraction of sp³-hybridized carbons (Fsp3) is 0.250. The lowest BCUT2D eigenvalue weighted by Crippen LogP contribution is -2.06. The van der Waals surface area contributed by atoms with Crippen LogP contribution in [0.25, 0.3) is 0 Å². The second-order valence-electron chi connectivity index (χ2n) is 3.88. The number of methoxy groups -OCH3 is 1. The van der Waals surface area contributed by atoms with Crippen molar-refractivity contribution in [2.24, 2.45) is 0 Å². The molecule has 0 aliphatic rings. The first-order valence-corrected chi connectivity index (χ1v) is 5.61. The third-order valence-electron chi connectivity index (χ3n) is 2.47. The summed E-state index contributed by atoms with van der Waals surface area (Å²) in [5.41, 5.74) is 7.38. The number of hydrogen-bond donors (Lipinski definition) is 2. The van der Waals surface area contributed by atoms with E-state index in [2.05, 4.69) is 20.2 Å². The van der Waals surface area contributed by atoms with Crippen LogP contribution in [-0.2, 0) is 11.3 Å². The van der Waals surface area contributed by atoms with Gasteiger partial charge in [-0.2, -0.15) is 4.98 Å². The number of hydrogen-bond acceptors (Lipinski definition) is 7. The Morgan fingerprint density at radius 2 is 2.32 bits per heavy atom. The molecule has 0 atom stereocenters. The molecular formula is C12H14N4O3. The van der Waals surface area contributed by atoms with E-state index in [-0.39, 0.29) is 0 Å². The number of esters is 1. The van der Waals surface area contributed by atoms with E-state index < -0.39 is 5.97 Å². The van der Waals surface area contributed by atoms with E-state index in [1.165, 1.54) is 7.11 Å². The molecule has 2 rings (SSSR count). The van der Waals surface area contributed by atoms with Gasteiger partial charge in [-0.05, 0) is 25.1 Å². The average molecular weight is 262 g/mol. The lowest BCUT2D eigenvalue weighted by atomic mass is 10.1. The highest BCUT2D eigenvalue weighted by atomic mass is 16.5. The van der Waals surface area contributed by atoms with Gasteiger partial charge in [0.2, 0.25) is 5.89 Å². The topological polar surface area (TPSA) is 103 Å². The molecular weight excluding hydrogens is 248 g/mol. The van der Waals surface area contributed by atoms with Crippen molar-refractivity contribution >= 4 is 17.3 Å². The molecule has 1 heterocycles. The van der Waals surface area contributed by atoms with Crippen LogP contribution in [0.2, 0.25) is 0 Å². The number of carbonyl (C=O) groups excluding carboxylic acids is 1.